The Hall–Kier alpha value is -1.78. The molecule has 0 N–H and O–H groups in total. The molecule has 0 radical (unpaired) electrons. The minimum Gasteiger partial charge on any atom is -0.235 e. The second-order valence-corrected chi connectivity index (χ2v) is 6.96. The molecule has 0 unspecified atom stereocenters. The normalized spacial score (nSPS) is 11.5. The van der Waals surface area contributed by atoms with Crippen molar-refractivity contribution in [2.45, 2.75) is 13.8 Å². The summed E-state index contributed by atoms with van der Waals surface area (Å²) < 4.78 is 3.77. The first-order valence-electron chi connectivity index (χ1n) is 6.42. The number of thiophene rings is 2. The Morgan fingerprint density at radius 1 is 0.950 bits per heavy atom. The minimum atomic E-state index is 1.05. The van der Waals surface area contributed by atoms with Crippen molar-refractivity contribution in [1.82, 2.24) is 9.97 Å². The molecule has 2 nitrogen and oxygen atoms in total. The van der Waals surface area contributed by atoms with Gasteiger partial charge in [0, 0.05) is 10.3 Å². The number of aryl methyl sites for hydroxylation is 2. The Kier molecular flexibility index (Phi) is 2.62. The van der Waals surface area contributed by atoms with Gasteiger partial charge in [0.25, 0.3) is 0 Å². The van der Waals surface area contributed by atoms with Crippen molar-refractivity contribution < 1.29 is 0 Å². The highest BCUT2D eigenvalue weighted by atomic mass is 32.1. The molecule has 4 aromatic rings. The van der Waals surface area contributed by atoms with Crippen molar-refractivity contribution in [3.05, 3.63) is 47.1 Å². The van der Waals surface area contributed by atoms with Crippen molar-refractivity contribution in [1.29, 1.82) is 0 Å². The van der Waals surface area contributed by atoms with Gasteiger partial charge in [-0.3, -0.25) is 0 Å². The lowest BCUT2D eigenvalue weighted by Gasteiger charge is -2.05. The lowest BCUT2D eigenvalue weighted by molar-refractivity contribution is 1.23. The van der Waals surface area contributed by atoms with Crippen LogP contribution in [0.1, 0.15) is 11.1 Å². The van der Waals surface area contributed by atoms with Crippen LogP contribution in [0.4, 0.5) is 0 Å². The Bertz CT molecular complexity index is 914. The first-order valence-corrected chi connectivity index (χ1v) is 8.11. The zero-order valence-electron chi connectivity index (χ0n) is 11.2. The molecule has 0 aliphatic carbocycles. The van der Waals surface area contributed by atoms with E-state index in [2.05, 4.69) is 53.5 Å². The number of rotatable bonds is 1. The summed E-state index contributed by atoms with van der Waals surface area (Å²) in [6.45, 7) is 4.25. The van der Waals surface area contributed by atoms with E-state index in [9.17, 15) is 0 Å². The SMILES string of the molecule is Cc1cc(C)cc(-c2ncnc3c2sc2ccsc23)c1. The maximum Gasteiger partial charge on any atom is 0.116 e. The zero-order chi connectivity index (χ0) is 13.7. The fourth-order valence-corrected chi connectivity index (χ4v) is 4.88. The highest BCUT2D eigenvalue weighted by Gasteiger charge is 2.13. The van der Waals surface area contributed by atoms with Crippen LogP contribution in [0, 0.1) is 13.8 Å². The van der Waals surface area contributed by atoms with E-state index >= 15 is 0 Å². The number of nitrogens with zero attached hydrogens (tertiary/aromatic N) is 2. The number of hydrogen-bond acceptors (Lipinski definition) is 4. The third kappa shape index (κ3) is 1.76. The van der Waals surface area contributed by atoms with E-state index in [1.807, 2.05) is 0 Å². The van der Waals surface area contributed by atoms with Gasteiger partial charge in [0.1, 0.15) is 11.8 Å². The van der Waals surface area contributed by atoms with Crippen LogP contribution in [0.3, 0.4) is 0 Å². The van der Waals surface area contributed by atoms with Crippen LogP contribution in [-0.4, -0.2) is 9.97 Å². The molecule has 20 heavy (non-hydrogen) atoms. The van der Waals surface area contributed by atoms with E-state index in [-0.39, 0.29) is 0 Å². The maximum absolute atomic E-state index is 4.54. The van der Waals surface area contributed by atoms with E-state index in [0.717, 1.165) is 11.2 Å². The van der Waals surface area contributed by atoms with Crippen LogP contribution in [-0.2, 0) is 0 Å². The number of hydrogen-bond donors (Lipinski definition) is 0. The van der Waals surface area contributed by atoms with E-state index in [1.54, 1.807) is 29.0 Å². The quantitative estimate of drug-likeness (QED) is 0.483. The average molecular weight is 296 g/mol. The van der Waals surface area contributed by atoms with Crippen LogP contribution < -0.4 is 0 Å². The molecule has 0 spiro atoms. The molecule has 3 heterocycles. The summed E-state index contributed by atoms with van der Waals surface area (Å²) in [5.74, 6) is 0. The third-order valence-electron chi connectivity index (χ3n) is 3.36. The molecule has 1 aromatic carbocycles. The Morgan fingerprint density at radius 2 is 1.75 bits per heavy atom. The molecule has 0 saturated heterocycles. The molecular formula is C16H12N2S2. The van der Waals surface area contributed by atoms with Gasteiger partial charge in [0.15, 0.2) is 0 Å². The Labute approximate surface area is 124 Å². The molecule has 3 aromatic heterocycles. The standard InChI is InChI=1S/C16H12N2S2/c1-9-5-10(2)7-11(6-9)13-16-14(18-8-17-13)15-12(20-16)3-4-19-15/h3-8H,1-2H3. The van der Waals surface area contributed by atoms with Gasteiger partial charge >= 0.3 is 0 Å². The van der Waals surface area contributed by atoms with Crippen LogP contribution in [0.5, 0.6) is 0 Å². The molecule has 0 bridgehead atoms. The number of aromatic nitrogens is 2. The second kappa shape index (κ2) is 4.36. The van der Waals surface area contributed by atoms with Gasteiger partial charge in [0.2, 0.25) is 0 Å². The van der Waals surface area contributed by atoms with Crippen molar-refractivity contribution in [3.63, 3.8) is 0 Å². The van der Waals surface area contributed by atoms with Crippen LogP contribution in [0.15, 0.2) is 36.0 Å². The van der Waals surface area contributed by atoms with E-state index in [0.29, 0.717) is 0 Å². The third-order valence-corrected chi connectivity index (χ3v) is 5.56. The van der Waals surface area contributed by atoms with Crippen LogP contribution in [0.25, 0.3) is 30.9 Å². The molecule has 0 aliphatic heterocycles. The van der Waals surface area contributed by atoms with Crippen molar-refractivity contribution in [2.75, 3.05) is 0 Å². The van der Waals surface area contributed by atoms with E-state index in [1.165, 1.54) is 30.8 Å². The van der Waals surface area contributed by atoms with E-state index < -0.39 is 0 Å². The number of fused-ring (bicyclic) bond motifs is 3. The molecule has 0 saturated carbocycles. The van der Waals surface area contributed by atoms with Crippen LogP contribution >= 0.6 is 22.7 Å². The first-order chi connectivity index (χ1) is 9.72. The van der Waals surface area contributed by atoms with Crippen molar-refractivity contribution in [2.24, 2.45) is 0 Å². The second-order valence-electron chi connectivity index (χ2n) is 4.99. The van der Waals surface area contributed by atoms with Gasteiger partial charge in [-0.05, 0) is 37.4 Å². The summed E-state index contributed by atoms with van der Waals surface area (Å²) >= 11 is 3.54. The van der Waals surface area contributed by atoms with Crippen molar-refractivity contribution >= 4 is 42.3 Å². The van der Waals surface area contributed by atoms with Gasteiger partial charge in [-0.15, -0.1) is 22.7 Å². The largest absolute Gasteiger partial charge is 0.235 e. The molecule has 4 rings (SSSR count). The highest BCUT2D eigenvalue weighted by molar-refractivity contribution is 7.32. The lowest BCUT2D eigenvalue weighted by Crippen LogP contribution is -1.88. The lowest BCUT2D eigenvalue weighted by atomic mass is 10.0. The smallest absolute Gasteiger partial charge is 0.116 e. The molecule has 0 atom stereocenters. The summed E-state index contributed by atoms with van der Waals surface area (Å²) in [6.07, 6.45) is 1.68. The minimum absolute atomic E-state index is 1.05. The molecule has 0 aliphatic rings. The topological polar surface area (TPSA) is 25.8 Å². The summed E-state index contributed by atoms with van der Waals surface area (Å²) in [5.41, 5.74) is 5.86. The highest BCUT2D eigenvalue weighted by Crippen LogP contribution is 2.40. The summed E-state index contributed by atoms with van der Waals surface area (Å²) in [5, 5.41) is 2.12. The number of benzene rings is 1. The zero-order valence-corrected chi connectivity index (χ0v) is 12.8. The van der Waals surface area contributed by atoms with Gasteiger partial charge < -0.3 is 0 Å². The first kappa shape index (κ1) is 12.0. The summed E-state index contributed by atoms with van der Waals surface area (Å²) in [6, 6.07) is 8.75. The fourth-order valence-electron chi connectivity index (χ4n) is 2.61. The summed E-state index contributed by atoms with van der Waals surface area (Å²) in [7, 11) is 0. The van der Waals surface area contributed by atoms with Crippen molar-refractivity contribution in [3.8, 4) is 11.3 Å². The predicted molar refractivity (Wildman–Crippen MR) is 87.7 cm³/mol. The maximum atomic E-state index is 4.54. The van der Waals surface area contributed by atoms with Gasteiger partial charge in [-0.25, -0.2) is 9.97 Å². The molecule has 98 valence electrons. The molecular weight excluding hydrogens is 284 g/mol. The Balaban J connectivity index is 2.08. The van der Waals surface area contributed by atoms with Gasteiger partial charge in [0.05, 0.1) is 15.1 Å². The predicted octanol–water partition coefficient (Wildman–Crippen LogP) is 5.19. The average Bonchev–Trinajstić information content (AvgIpc) is 2.97. The van der Waals surface area contributed by atoms with E-state index in [4.69, 9.17) is 0 Å². The van der Waals surface area contributed by atoms with Gasteiger partial charge in [-0.2, -0.15) is 0 Å². The Morgan fingerprint density at radius 3 is 2.55 bits per heavy atom. The molecule has 0 amide bonds. The summed E-state index contributed by atoms with van der Waals surface area (Å²) in [4.78, 5) is 9.02. The monoisotopic (exact) mass is 296 g/mol. The van der Waals surface area contributed by atoms with Crippen LogP contribution in [0.2, 0.25) is 0 Å². The van der Waals surface area contributed by atoms with Gasteiger partial charge in [-0.1, -0.05) is 17.2 Å². The molecule has 0 fully saturated rings. The fraction of sp³-hybridized carbons (Fsp3) is 0.125. The molecule has 4 heteroatoms.